The molecule has 21 heavy (non-hydrogen) atoms. The second-order valence-corrected chi connectivity index (χ2v) is 6.00. The van der Waals surface area contributed by atoms with E-state index in [9.17, 15) is 9.18 Å². The van der Waals surface area contributed by atoms with Crippen molar-refractivity contribution < 1.29 is 14.3 Å². The van der Waals surface area contributed by atoms with Gasteiger partial charge in [0.15, 0.2) is 0 Å². The molecule has 114 valence electrons. The maximum absolute atomic E-state index is 13.3. The van der Waals surface area contributed by atoms with Crippen LogP contribution in [-0.2, 0) is 4.79 Å². The van der Waals surface area contributed by atoms with E-state index in [1.807, 2.05) is 6.07 Å². The average molecular weight is 292 g/mol. The first-order chi connectivity index (χ1) is 10.1. The SMILES string of the molecule is O=C(O)C1CCC(N2CCN(c3cccc(F)c3)CC2)C1. The van der Waals surface area contributed by atoms with E-state index in [0.717, 1.165) is 51.1 Å². The van der Waals surface area contributed by atoms with Gasteiger partial charge in [-0.05, 0) is 37.5 Å². The second-order valence-electron chi connectivity index (χ2n) is 6.00. The van der Waals surface area contributed by atoms with Gasteiger partial charge < -0.3 is 10.0 Å². The van der Waals surface area contributed by atoms with Crippen LogP contribution in [0.25, 0.3) is 0 Å². The third kappa shape index (κ3) is 3.18. The van der Waals surface area contributed by atoms with Crippen molar-refractivity contribution in [1.82, 2.24) is 4.90 Å². The Balaban J connectivity index is 1.55. The Bertz CT molecular complexity index is 515. The Morgan fingerprint density at radius 1 is 1.19 bits per heavy atom. The molecule has 2 atom stereocenters. The van der Waals surface area contributed by atoms with E-state index in [1.165, 1.54) is 6.07 Å². The highest BCUT2D eigenvalue weighted by Crippen LogP contribution is 2.30. The predicted octanol–water partition coefficient (Wildman–Crippen LogP) is 2.20. The van der Waals surface area contributed by atoms with Crippen molar-refractivity contribution >= 4 is 11.7 Å². The van der Waals surface area contributed by atoms with Crippen LogP contribution in [0.3, 0.4) is 0 Å². The van der Waals surface area contributed by atoms with Crippen LogP contribution >= 0.6 is 0 Å². The summed E-state index contributed by atoms with van der Waals surface area (Å²) in [4.78, 5) is 15.6. The molecule has 5 heteroatoms. The van der Waals surface area contributed by atoms with Crippen LogP contribution in [0.2, 0.25) is 0 Å². The van der Waals surface area contributed by atoms with Crippen molar-refractivity contribution in [2.75, 3.05) is 31.1 Å². The first kappa shape index (κ1) is 14.3. The Hall–Kier alpha value is -1.62. The van der Waals surface area contributed by atoms with Gasteiger partial charge in [0.05, 0.1) is 5.92 Å². The summed E-state index contributed by atoms with van der Waals surface area (Å²) in [7, 11) is 0. The molecule has 1 saturated heterocycles. The van der Waals surface area contributed by atoms with Crippen LogP contribution in [0.5, 0.6) is 0 Å². The molecule has 3 rings (SSSR count). The summed E-state index contributed by atoms with van der Waals surface area (Å²) in [6.45, 7) is 3.59. The Labute approximate surface area is 124 Å². The van der Waals surface area contributed by atoms with Gasteiger partial charge in [-0.3, -0.25) is 9.69 Å². The highest BCUT2D eigenvalue weighted by Gasteiger charge is 2.34. The van der Waals surface area contributed by atoms with Gasteiger partial charge >= 0.3 is 5.97 Å². The molecule has 0 radical (unpaired) electrons. The molecular weight excluding hydrogens is 271 g/mol. The van der Waals surface area contributed by atoms with Gasteiger partial charge in [0, 0.05) is 37.9 Å². The molecule has 0 bridgehead atoms. The van der Waals surface area contributed by atoms with E-state index < -0.39 is 5.97 Å². The van der Waals surface area contributed by atoms with Crippen molar-refractivity contribution in [3.8, 4) is 0 Å². The lowest BCUT2D eigenvalue weighted by molar-refractivity contribution is -0.141. The lowest BCUT2D eigenvalue weighted by atomic mass is 10.1. The summed E-state index contributed by atoms with van der Waals surface area (Å²) in [6, 6.07) is 7.12. The van der Waals surface area contributed by atoms with Crippen LogP contribution < -0.4 is 4.90 Å². The standard InChI is InChI=1S/C16H21FN2O2/c17-13-2-1-3-14(11-13)18-6-8-19(9-7-18)15-5-4-12(10-15)16(20)21/h1-3,11-12,15H,4-10H2,(H,20,21). The number of rotatable bonds is 3. The fourth-order valence-corrected chi connectivity index (χ4v) is 3.53. The van der Waals surface area contributed by atoms with Crippen LogP contribution in [0, 0.1) is 11.7 Å². The van der Waals surface area contributed by atoms with E-state index in [2.05, 4.69) is 9.80 Å². The fraction of sp³-hybridized carbons (Fsp3) is 0.562. The molecule has 1 heterocycles. The lowest BCUT2D eigenvalue weighted by Crippen LogP contribution is -2.49. The van der Waals surface area contributed by atoms with Crippen molar-refractivity contribution in [2.24, 2.45) is 5.92 Å². The monoisotopic (exact) mass is 292 g/mol. The number of aliphatic carboxylic acids is 1. The molecular formula is C16H21FN2O2. The zero-order valence-electron chi connectivity index (χ0n) is 12.0. The second kappa shape index (κ2) is 6.02. The number of carboxylic acid groups (broad SMARTS) is 1. The Morgan fingerprint density at radius 2 is 1.95 bits per heavy atom. The maximum Gasteiger partial charge on any atom is 0.306 e. The van der Waals surface area contributed by atoms with Crippen LogP contribution in [-0.4, -0.2) is 48.2 Å². The average Bonchev–Trinajstić information content (AvgIpc) is 2.97. The number of anilines is 1. The number of nitrogens with zero attached hydrogens (tertiary/aromatic N) is 2. The first-order valence-corrected chi connectivity index (χ1v) is 7.61. The molecule has 1 aromatic carbocycles. The molecule has 2 aliphatic rings. The molecule has 1 aliphatic heterocycles. The minimum atomic E-state index is -0.657. The van der Waals surface area contributed by atoms with Gasteiger partial charge in [-0.2, -0.15) is 0 Å². The summed E-state index contributed by atoms with van der Waals surface area (Å²) in [5, 5.41) is 9.08. The molecule has 2 unspecified atom stereocenters. The Morgan fingerprint density at radius 3 is 2.57 bits per heavy atom. The van der Waals surface area contributed by atoms with Crippen molar-refractivity contribution in [3.05, 3.63) is 30.1 Å². The topological polar surface area (TPSA) is 43.8 Å². The third-order valence-electron chi connectivity index (χ3n) is 4.76. The summed E-state index contributed by atoms with van der Waals surface area (Å²) >= 11 is 0. The number of hydrogen-bond donors (Lipinski definition) is 1. The molecule has 1 N–H and O–H groups in total. The summed E-state index contributed by atoms with van der Waals surface area (Å²) in [5.41, 5.74) is 0.935. The number of carboxylic acids is 1. The number of piperazine rings is 1. The van der Waals surface area contributed by atoms with Gasteiger partial charge in [-0.25, -0.2) is 4.39 Å². The van der Waals surface area contributed by atoms with Crippen molar-refractivity contribution in [3.63, 3.8) is 0 Å². The van der Waals surface area contributed by atoms with Crippen LogP contribution in [0.15, 0.2) is 24.3 Å². The number of halogens is 1. The summed E-state index contributed by atoms with van der Waals surface area (Å²) in [5.74, 6) is -1.03. The fourth-order valence-electron chi connectivity index (χ4n) is 3.53. The molecule has 4 nitrogen and oxygen atoms in total. The van der Waals surface area contributed by atoms with Gasteiger partial charge in [-0.15, -0.1) is 0 Å². The zero-order chi connectivity index (χ0) is 14.8. The molecule has 1 aliphatic carbocycles. The Kier molecular flexibility index (Phi) is 4.10. The minimum Gasteiger partial charge on any atom is -0.481 e. The van der Waals surface area contributed by atoms with E-state index in [-0.39, 0.29) is 11.7 Å². The number of carbonyl (C=O) groups is 1. The molecule has 0 amide bonds. The van der Waals surface area contributed by atoms with Gasteiger partial charge in [0.25, 0.3) is 0 Å². The first-order valence-electron chi connectivity index (χ1n) is 7.61. The number of hydrogen-bond acceptors (Lipinski definition) is 3. The quantitative estimate of drug-likeness (QED) is 0.927. The van der Waals surface area contributed by atoms with Crippen LogP contribution in [0.4, 0.5) is 10.1 Å². The molecule has 2 fully saturated rings. The smallest absolute Gasteiger partial charge is 0.306 e. The summed E-state index contributed by atoms with van der Waals surface area (Å²) in [6.07, 6.45) is 2.55. The number of benzene rings is 1. The van der Waals surface area contributed by atoms with E-state index in [0.29, 0.717) is 6.04 Å². The summed E-state index contributed by atoms with van der Waals surface area (Å²) < 4.78 is 13.3. The highest BCUT2D eigenvalue weighted by atomic mass is 19.1. The zero-order valence-corrected chi connectivity index (χ0v) is 12.0. The normalized spacial score (nSPS) is 27.0. The van der Waals surface area contributed by atoms with Gasteiger partial charge in [0.1, 0.15) is 5.82 Å². The lowest BCUT2D eigenvalue weighted by Gasteiger charge is -2.39. The van der Waals surface area contributed by atoms with Gasteiger partial charge in [0.2, 0.25) is 0 Å². The predicted molar refractivity (Wildman–Crippen MR) is 79.0 cm³/mol. The minimum absolute atomic E-state index is 0.170. The van der Waals surface area contributed by atoms with Crippen molar-refractivity contribution in [2.45, 2.75) is 25.3 Å². The van der Waals surface area contributed by atoms with Gasteiger partial charge in [-0.1, -0.05) is 6.07 Å². The van der Waals surface area contributed by atoms with Crippen LogP contribution in [0.1, 0.15) is 19.3 Å². The van der Waals surface area contributed by atoms with Crippen molar-refractivity contribution in [1.29, 1.82) is 0 Å². The molecule has 0 aromatic heterocycles. The van der Waals surface area contributed by atoms with E-state index in [1.54, 1.807) is 12.1 Å². The van der Waals surface area contributed by atoms with E-state index >= 15 is 0 Å². The molecule has 1 saturated carbocycles. The molecule has 1 aromatic rings. The molecule has 0 spiro atoms. The highest BCUT2D eigenvalue weighted by molar-refractivity contribution is 5.70. The van der Waals surface area contributed by atoms with E-state index in [4.69, 9.17) is 5.11 Å². The maximum atomic E-state index is 13.3. The largest absolute Gasteiger partial charge is 0.481 e. The third-order valence-corrected chi connectivity index (χ3v) is 4.76.